The van der Waals surface area contributed by atoms with Crippen LogP contribution in [0.2, 0.25) is 0 Å². The summed E-state index contributed by atoms with van der Waals surface area (Å²) in [7, 11) is 0. The minimum atomic E-state index is -4.45. The van der Waals surface area contributed by atoms with Crippen molar-refractivity contribution < 1.29 is 18.3 Å². The van der Waals surface area contributed by atoms with Crippen molar-refractivity contribution in [2.75, 3.05) is 17.2 Å². The van der Waals surface area contributed by atoms with E-state index in [4.69, 9.17) is 0 Å². The molecule has 0 unspecified atom stereocenters. The first-order valence-corrected chi connectivity index (χ1v) is 9.79. The van der Waals surface area contributed by atoms with Crippen molar-refractivity contribution >= 4 is 17.5 Å². The molecule has 0 bridgehead atoms. The summed E-state index contributed by atoms with van der Waals surface area (Å²) in [6.45, 7) is 5.19. The van der Waals surface area contributed by atoms with Crippen LogP contribution in [0, 0.1) is 12.8 Å². The molecular formula is C22H24F3N5O. The lowest BCUT2D eigenvalue weighted by Crippen LogP contribution is -2.30. The number of hydrogen-bond acceptors (Lipinski definition) is 6. The Labute approximate surface area is 178 Å². The lowest BCUT2D eigenvalue weighted by molar-refractivity contribution is -0.138. The maximum atomic E-state index is 13.3. The number of aliphatic hydroxyl groups excluding tert-OH is 1. The summed E-state index contributed by atoms with van der Waals surface area (Å²) in [5.41, 5.74) is 0.915. The van der Waals surface area contributed by atoms with E-state index in [2.05, 4.69) is 25.6 Å². The van der Waals surface area contributed by atoms with Crippen molar-refractivity contribution in [2.24, 2.45) is 5.92 Å². The number of pyridine rings is 1. The monoisotopic (exact) mass is 431 g/mol. The number of anilines is 3. The van der Waals surface area contributed by atoms with E-state index in [0.717, 1.165) is 11.6 Å². The van der Waals surface area contributed by atoms with Gasteiger partial charge in [0, 0.05) is 29.7 Å². The second-order valence-electron chi connectivity index (χ2n) is 7.48. The van der Waals surface area contributed by atoms with Gasteiger partial charge in [-0.05, 0) is 42.7 Å². The van der Waals surface area contributed by atoms with Gasteiger partial charge in [-0.15, -0.1) is 0 Å². The molecule has 1 aromatic carbocycles. The zero-order chi connectivity index (χ0) is 22.6. The zero-order valence-corrected chi connectivity index (χ0v) is 17.4. The van der Waals surface area contributed by atoms with E-state index in [-0.39, 0.29) is 30.1 Å². The fourth-order valence-electron chi connectivity index (χ4n) is 3.04. The molecule has 6 nitrogen and oxygen atoms in total. The molecular weight excluding hydrogens is 407 g/mol. The molecule has 0 amide bonds. The highest BCUT2D eigenvalue weighted by atomic mass is 19.4. The Bertz CT molecular complexity index is 1030. The normalized spacial score (nSPS) is 12.6. The average molecular weight is 431 g/mol. The molecule has 0 saturated carbocycles. The van der Waals surface area contributed by atoms with E-state index in [1.165, 1.54) is 13.0 Å². The molecule has 31 heavy (non-hydrogen) atoms. The molecule has 1 atom stereocenters. The van der Waals surface area contributed by atoms with Crippen LogP contribution in [0.4, 0.5) is 30.6 Å². The zero-order valence-electron chi connectivity index (χ0n) is 17.4. The predicted molar refractivity (Wildman–Crippen MR) is 114 cm³/mol. The second-order valence-corrected chi connectivity index (χ2v) is 7.48. The molecule has 3 rings (SSSR count). The van der Waals surface area contributed by atoms with Gasteiger partial charge in [0.15, 0.2) is 0 Å². The maximum Gasteiger partial charge on any atom is 0.416 e. The van der Waals surface area contributed by atoms with Crippen LogP contribution in [0.25, 0.3) is 11.3 Å². The van der Waals surface area contributed by atoms with Crippen LogP contribution < -0.4 is 10.6 Å². The van der Waals surface area contributed by atoms with Crippen molar-refractivity contribution in [3.63, 3.8) is 0 Å². The standard InChI is InChI=1S/C22H24F3N5O/c1-13(2)19(12-31)29-21-28-18(15-6-5-9-26-11-15)10-20(30-21)27-17-8-4-7-16(14(17)3)22(23,24)25/h4-11,13,19,31H,12H2,1-3H3,(H2,27,28,29,30)/t19-/m0/s1. The molecule has 3 N–H and O–H groups in total. The smallest absolute Gasteiger partial charge is 0.394 e. The summed E-state index contributed by atoms with van der Waals surface area (Å²) < 4.78 is 39.8. The molecule has 0 aliphatic heterocycles. The molecule has 164 valence electrons. The van der Waals surface area contributed by atoms with Gasteiger partial charge in [-0.25, -0.2) is 4.98 Å². The van der Waals surface area contributed by atoms with Gasteiger partial charge >= 0.3 is 6.18 Å². The summed E-state index contributed by atoms with van der Waals surface area (Å²) in [6, 6.07) is 8.90. The highest BCUT2D eigenvalue weighted by Gasteiger charge is 2.33. The number of halogens is 3. The number of alkyl halides is 3. The number of nitrogens with zero attached hydrogens (tertiary/aromatic N) is 3. The number of nitrogens with one attached hydrogen (secondary N) is 2. The van der Waals surface area contributed by atoms with Crippen LogP contribution in [0.5, 0.6) is 0 Å². The fraction of sp³-hybridized carbons (Fsp3) is 0.318. The average Bonchev–Trinajstić information content (AvgIpc) is 2.73. The van der Waals surface area contributed by atoms with Crippen molar-refractivity contribution in [1.82, 2.24) is 15.0 Å². The minimum absolute atomic E-state index is 0.0708. The summed E-state index contributed by atoms with van der Waals surface area (Å²) in [5.74, 6) is 0.679. The number of aliphatic hydroxyl groups is 1. The van der Waals surface area contributed by atoms with Gasteiger partial charge in [-0.2, -0.15) is 18.2 Å². The van der Waals surface area contributed by atoms with Crippen molar-refractivity contribution in [3.05, 3.63) is 59.9 Å². The molecule has 0 saturated heterocycles. The Hall–Kier alpha value is -3.20. The third-order valence-corrected chi connectivity index (χ3v) is 4.90. The van der Waals surface area contributed by atoms with Crippen LogP contribution in [0.15, 0.2) is 48.8 Å². The van der Waals surface area contributed by atoms with E-state index in [1.807, 2.05) is 19.9 Å². The Morgan fingerprint density at radius 1 is 1.10 bits per heavy atom. The van der Waals surface area contributed by atoms with E-state index < -0.39 is 11.7 Å². The highest BCUT2D eigenvalue weighted by Crippen LogP contribution is 2.35. The number of aromatic nitrogens is 3. The second kappa shape index (κ2) is 9.30. The van der Waals surface area contributed by atoms with Crippen LogP contribution in [0.1, 0.15) is 25.0 Å². The molecule has 9 heteroatoms. The van der Waals surface area contributed by atoms with Gasteiger partial charge in [0.2, 0.25) is 5.95 Å². The molecule has 2 aromatic heterocycles. The van der Waals surface area contributed by atoms with Gasteiger partial charge in [-0.3, -0.25) is 4.98 Å². The summed E-state index contributed by atoms with van der Waals surface area (Å²) in [4.78, 5) is 13.0. The Balaban J connectivity index is 2.03. The molecule has 2 heterocycles. The topological polar surface area (TPSA) is 83.0 Å². The van der Waals surface area contributed by atoms with E-state index in [9.17, 15) is 18.3 Å². The molecule has 0 spiro atoms. The molecule has 0 aliphatic carbocycles. The minimum Gasteiger partial charge on any atom is -0.394 e. The molecule has 3 aromatic rings. The lowest BCUT2D eigenvalue weighted by Gasteiger charge is -2.21. The SMILES string of the molecule is Cc1c(Nc2cc(-c3cccnc3)nc(N[C@@H](CO)C(C)C)n2)cccc1C(F)(F)F. The maximum absolute atomic E-state index is 13.3. The first kappa shape index (κ1) is 22.5. The van der Waals surface area contributed by atoms with E-state index in [1.54, 1.807) is 30.6 Å². The van der Waals surface area contributed by atoms with Crippen molar-refractivity contribution in [2.45, 2.75) is 33.0 Å². The van der Waals surface area contributed by atoms with Crippen LogP contribution >= 0.6 is 0 Å². The lowest BCUT2D eigenvalue weighted by atomic mass is 10.1. The van der Waals surface area contributed by atoms with E-state index in [0.29, 0.717) is 17.2 Å². The van der Waals surface area contributed by atoms with Gasteiger partial charge < -0.3 is 15.7 Å². The van der Waals surface area contributed by atoms with Crippen LogP contribution in [-0.2, 0) is 6.18 Å². The third kappa shape index (κ3) is 5.49. The summed E-state index contributed by atoms with van der Waals surface area (Å²) in [5, 5.41) is 15.7. The summed E-state index contributed by atoms with van der Waals surface area (Å²) in [6.07, 6.45) is -1.18. The fourth-order valence-corrected chi connectivity index (χ4v) is 3.04. The largest absolute Gasteiger partial charge is 0.416 e. The summed E-state index contributed by atoms with van der Waals surface area (Å²) >= 11 is 0. The Kier molecular flexibility index (Phi) is 6.74. The predicted octanol–water partition coefficient (Wildman–Crippen LogP) is 5.04. The van der Waals surface area contributed by atoms with E-state index >= 15 is 0 Å². The Morgan fingerprint density at radius 2 is 1.87 bits per heavy atom. The van der Waals surface area contributed by atoms with Gasteiger partial charge in [0.05, 0.1) is 23.9 Å². The van der Waals surface area contributed by atoms with Gasteiger partial charge in [0.1, 0.15) is 5.82 Å². The number of benzene rings is 1. The van der Waals surface area contributed by atoms with Crippen LogP contribution in [0.3, 0.4) is 0 Å². The number of hydrogen-bond donors (Lipinski definition) is 3. The van der Waals surface area contributed by atoms with Gasteiger partial charge in [-0.1, -0.05) is 19.9 Å². The molecule has 0 fully saturated rings. The first-order chi connectivity index (χ1) is 14.7. The Morgan fingerprint density at radius 3 is 2.48 bits per heavy atom. The van der Waals surface area contributed by atoms with Gasteiger partial charge in [0.25, 0.3) is 0 Å². The number of rotatable bonds is 7. The van der Waals surface area contributed by atoms with Crippen molar-refractivity contribution in [1.29, 1.82) is 0 Å². The quantitative estimate of drug-likeness (QED) is 0.486. The third-order valence-electron chi connectivity index (χ3n) is 4.90. The van der Waals surface area contributed by atoms with Crippen LogP contribution in [-0.4, -0.2) is 32.7 Å². The molecule has 0 aliphatic rings. The molecule has 0 radical (unpaired) electrons. The first-order valence-electron chi connectivity index (χ1n) is 9.79. The van der Waals surface area contributed by atoms with Crippen molar-refractivity contribution in [3.8, 4) is 11.3 Å². The highest BCUT2D eigenvalue weighted by molar-refractivity contribution is 5.68.